The molecular formula is C22H13F. The molecule has 0 bridgehead atoms. The zero-order valence-corrected chi connectivity index (χ0v) is 12.4. The second kappa shape index (κ2) is 4.53. The molecule has 0 fully saturated rings. The van der Waals surface area contributed by atoms with Crippen molar-refractivity contribution in [1.82, 2.24) is 0 Å². The number of benzene rings is 5. The van der Waals surface area contributed by atoms with Crippen LogP contribution < -0.4 is 0 Å². The Morgan fingerprint density at radius 2 is 1.04 bits per heavy atom. The Morgan fingerprint density at radius 3 is 1.91 bits per heavy atom. The summed E-state index contributed by atoms with van der Waals surface area (Å²) in [6, 6.07) is 26.3. The molecule has 23 heavy (non-hydrogen) atoms. The summed E-state index contributed by atoms with van der Waals surface area (Å²) in [5.41, 5.74) is 0. The average Bonchev–Trinajstić information content (AvgIpc) is 2.61. The summed E-state index contributed by atoms with van der Waals surface area (Å²) in [6.07, 6.45) is 0. The highest BCUT2D eigenvalue weighted by molar-refractivity contribution is 6.17. The first kappa shape index (κ1) is 12.6. The number of halogens is 1. The third-order valence-electron chi connectivity index (χ3n) is 4.67. The van der Waals surface area contributed by atoms with Crippen molar-refractivity contribution in [2.75, 3.05) is 0 Å². The fraction of sp³-hybridized carbons (Fsp3) is 0. The van der Waals surface area contributed by atoms with Crippen LogP contribution in [0.2, 0.25) is 0 Å². The van der Waals surface area contributed by atoms with Gasteiger partial charge in [-0.15, -0.1) is 0 Å². The van der Waals surface area contributed by atoms with E-state index in [2.05, 4.69) is 36.4 Å². The smallest absolute Gasteiger partial charge is 0.131 e. The predicted octanol–water partition coefficient (Wildman–Crippen LogP) is 6.44. The fourth-order valence-corrected chi connectivity index (χ4v) is 3.56. The maximum Gasteiger partial charge on any atom is 0.131 e. The highest BCUT2D eigenvalue weighted by atomic mass is 19.1. The molecule has 0 atom stereocenters. The van der Waals surface area contributed by atoms with E-state index in [0.717, 1.165) is 16.2 Å². The first-order chi connectivity index (χ1) is 11.3. The average molecular weight is 296 g/mol. The lowest BCUT2D eigenvalue weighted by Gasteiger charge is -2.09. The molecular weight excluding hydrogens is 283 g/mol. The highest BCUT2D eigenvalue weighted by Gasteiger charge is 2.08. The molecule has 108 valence electrons. The first-order valence-corrected chi connectivity index (χ1v) is 7.74. The minimum absolute atomic E-state index is 0.160. The molecule has 0 nitrogen and oxygen atoms in total. The standard InChI is InChI=1S/C22H13F/c23-22-13-16-12-20-15(10-9-14-5-1-2-6-17(14)20)11-21(16)18-7-3-4-8-19(18)22/h1-13H. The maximum atomic E-state index is 14.4. The van der Waals surface area contributed by atoms with E-state index in [9.17, 15) is 4.39 Å². The van der Waals surface area contributed by atoms with Gasteiger partial charge < -0.3 is 0 Å². The molecule has 5 rings (SSSR count). The van der Waals surface area contributed by atoms with Crippen LogP contribution in [0, 0.1) is 5.82 Å². The van der Waals surface area contributed by atoms with Gasteiger partial charge in [-0.3, -0.25) is 0 Å². The Kier molecular flexibility index (Phi) is 2.48. The molecule has 0 saturated carbocycles. The minimum atomic E-state index is -0.160. The molecule has 0 radical (unpaired) electrons. The van der Waals surface area contributed by atoms with Gasteiger partial charge in [0.2, 0.25) is 0 Å². The summed E-state index contributed by atoms with van der Waals surface area (Å²) in [5.74, 6) is -0.160. The van der Waals surface area contributed by atoms with Crippen molar-refractivity contribution in [3.05, 3.63) is 84.7 Å². The summed E-state index contributed by atoms with van der Waals surface area (Å²) in [6.45, 7) is 0. The third-order valence-corrected chi connectivity index (χ3v) is 4.67. The van der Waals surface area contributed by atoms with Gasteiger partial charge in [-0.05, 0) is 55.9 Å². The van der Waals surface area contributed by atoms with Gasteiger partial charge >= 0.3 is 0 Å². The number of hydrogen-bond acceptors (Lipinski definition) is 0. The SMILES string of the molecule is Fc1cc2cc3c(ccc4ccccc43)cc2c2ccccc12. The van der Waals surface area contributed by atoms with Gasteiger partial charge in [0.1, 0.15) is 5.82 Å². The Bertz CT molecular complexity index is 1220. The molecule has 0 saturated heterocycles. The molecule has 5 aromatic rings. The molecule has 0 aliphatic rings. The van der Waals surface area contributed by atoms with Crippen molar-refractivity contribution in [3.63, 3.8) is 0 Å². The Balaban J connectivity index is 2.03. The second-order valence-electron chi connectivity index (χ2n) is 5.99. The molecule has 0 N–H and O–H groups in total. The van der Waals surface area contributed by atoms with Crippen molar-refractivity contribution in [3.8, 4) is 0 Å². The molecule has 0 aromatic heterocycles. The second-order valence-corrected chi connectivity index (χ2v) is 5.99. The van der Waals surface area contributed by atoms with Gasteiger partial charge in [0, 0.05) is 5.39 Å². The molecule has 0 aliphatic heterocycles. The van der Waals surface area contributed by atoms with Crippen molar-refractivity contribution in [2.24, 2.45) is 0 Å². The van der Waals surface area contributed by atoms with Gasteiger partial charge in [-0.2, -0.15) is 0 Å². The molecule has 5 aromatic carbocycles. The van der Waals surface area contributed by atoms with Crippen LogP contribution in [0.3, 0.4) is 0 Å². The van der Waals surface area contributed by atoms with E-state index in [1.807, 2.05) is 36.4 Å². The van der Waals surface area contributed by atoms with E-state index in [1.165, 1.54) is 21.5 Å². The van der Waals surface area contributed by atoms with Gasteiger partial charge in [0.05, 0.1) is 0 Å². The molecule has 1 heteroatoms. The van der Waals surface area contributed by atoms with Crippen LogP contribution in [0.25, 0.3) is 43.1 Å². The van der Waals surface area contributed by atoms with Crippen LogP contribution in [-0.2, 0) is 0 Å². The van der Waals surface area contributed by atoms with E-state index in [0.29, 0.717) is 5.39 Å². The first-order valence-electron chi connectivity index (χ1n) is 7.74. The lowest BCUT2D eigenvalue weighted by molar-refractivity contribution is 0.641. The number of hydrogen-bond donors (Lipinski definition) is 0. The maximum absolute atomic E-state index is 14.4. The third kappa shape index (κ3) is 1.77. The van der Waals surface area contributed by atoms with E-state index in [1.54, 1.807) is 6.07 Å². The Hall–Kier alpha value is -2.93. The predicted molar refractivity (Wildman–Crippen MR) is 96.4 cm³/mol. The van der Waals surface area contributed by atoms with Crippen molar-refractivity contribution in [1.29, 1.82) is 0 Å². The van der Waals surface area contributed by atoms with Gasteiger partial charge in [0.25, 0.3) is 0 Å². The topological polar surface area (TPSA) is 0 Å². The Morgan fingerprint density at radius 1 is 0.435 bits per heavy atom. The highest BCUT2D eigenvalue weighted by Crippen LogP contribution is 2.34. The van der Waals surface area contributed by atoms with E-state index >= 15 is 0 Å². The van der Waals surface area contributed by atoms with E-state index < -0.39 is 0 Å². The van der Waals surface area contributed by atoms with Gasteiger partial charge in [0.15, 0.2) is 0 Å². The zero-order valence-electron chi connectivity index (χ0n) is 12.4. The molecule has 0 heterocycles. The van der Waals surface area contributed by atoms with Crippen LogP contribution in [0.15, 0.2) is 78.9 Å². The van der Waals surface area contributed by atoms with Crippen LogP contribution in [0.5, 0.6) is 0 Å². The van der Waals surface area contributed by atoms with Crippen LogP contribution >= 0.6 is 0 Å². The summed E-state index contributed by atoms with van der Waals surface area (Å²) >= 11 is 0. The van der Waals surface area contributed by atoms with Crippen LogP contribution in [0.4, 0.5) is 4.39 Å². The summed E-state index contributed by atoms with van der Waals surface area (Å²) < 4.78 is 14.4. The van der Waals surface area contributed by atoms with Crippen molar-refractivity contribution in [2.45, 2.75) is 0 Å². The molecule has 0 spiro atoms. The van der Waals surface area contributed by atoms with Crippen molar-refractivity contribution < 1.29 is 4.39 Å². The minimum Gasteiger partial charge on any atom is -0.206 e. The molecule has 0 aliphatic carbocycles. The lowest BCUT2D eigenvalue weighted by atomic mass is 9.95. The monoisotopic (exact) mass is 296 g/mol. The quantitative estimate of drug-likeness (QED) is 0.228. The normalized spacial score (nSPS) is 11.7. The van der Waals surface area contributed by atoms with E-state index in [-0.39, 0.29) is 5.82 Å². The van der Waals surface area contributed by atoms with Crippen molar-refractivity contribution >= 4 is 43.1 Å². The van der Waals surface area contributed by atoms with Crippen LogP contribution in [-0.4, -0.2) is 0 Å². The number of rotatable bonds is 0. The van der Waals surface area contributed by atoms with Gasteiger partial charge in [-0.25, -0.2) is 4.39 Å². The molecule has 0 unspecified atom stereocenters. The zero-order chi connectivity index (χ0) is 15.4. The van der Waals surface area contributed by atoms with Gasteiger partial charge in [-0.1, -0.05) is 60.7 Å². The summed E-state index contributed by atoms with van der Waals surface area (Å²) in [7, 11) is 0. The van der Waals surface area contributed by atoms with E-state index in [4.69, 9.17) is 0 Å². The fourth-order valence-electron chi connectivity index (χ4n) is 3.56. The van der Waals surface area contributed by atoms with Crippen LogP contribution in [0.1, 0.15) is 0 Å². The molecule has 0 amide bonds. The lowest BCUT2D eigenvalue weighted by Crippen LogP contribution is -1.85. The summed E-state index contributed by atoms with van der Waals surface area (Å²) in [4.78, 5) is 0. The summed E-state index contributed by atoms with van der Waals surface area (Å²) in [5, 5.41) is 8.48. The number of fused-ring (bicyclic) bond motifs is 6. The largest absolute Gasteiger partial charge is 0.206 e. The Labute approximate surface area is 132 Å².